The molecule has 1 unspecified atom stereocenters. The van der Waals surface area contributed by atoms with Crippen LogP contribution in [0, 0.1) is 11.8 Å². The second-order valence-corrected chi connectivity index (χ2v) is 5.63. The van der Waals surface area contributed by atoms with Gasteiger partial charge in [-0.2, -0.15) is 0 Å². The maximum atomic E-state index is 5.73. The highest BCUT2D eigenvalue weighted by molar-refractivity contribution is 14.0. The number of ether oxygens (including phenoxy) is 1. The van der Waals surface area contributed by atoms with Gasteiger partial charge in [-0.05, 0) is 31.6 Å². The third-order valence-corrected chi connectivity index (χ3v) is 3.08. The van der Waals surface area contributed by atoms with Gasteiger partial charge < -0.3 is 15.4 Å². The predicted molar refractivity (Wildman–Crippen MR) is 99.1 cm³/mol. The molecule has 0 aromatic heterocycles. The third-order valence-electron chi connectivity index (χ3n) is 3.08. The summed E-state index contributed by atoms with van der Waals surface area (Å²) in [4.78, 5) is 4.23. The van der Waals surface area contributed by atoms with Crippen molar-refractivity contribution in [1.82, 2.24) is 10.6 Å². The third kappa shape index (κ3) is 11.8. The van der Waals surface area contributed by atoms with Gasteiger partial charge in [-0.25, -0.2) is 0 Å². The van der Waals surface area contributed by atoms with Crippen molar-refractivity contribution in [3.63, 3.8) is 0 Å². The summed E-state index contributed by atoms with van der Waals surface area (Å²) in [5.41, 5.74) is 0. The topological polar surface area (TPSA) is 45.6 Å². The zero-order chi connectivity index (χ0) is 14.7. The molecule has 0 aromatic carbocycles. The van der Waals surface area contributed by atoms with Crippen molar-refractivity contribution in [2.45, 2.75) is 53.6 Å². The summed E-state index contributed by atoms with van der Waals surface area (Å²) in [7, 11) is 1.81. The Balaban J connectivity index is 0. The summed E-state index contributed by atoms with van der Waals surface area (Å²) in [6, 6.07) is 0. The normalized spacial score (nSPS) is 13.3. The van der Waals surface area contributed by atoms with Gasteiger partial charge >= 0.3 is 0 Å². The Morgan fingerprint density at radius 1 is 1.05 bits per heavy atom. The Labute approximate surface area is 142 Å². The van der Waals surface area contributed by atoms with Crippen LogP contribution >= 0.6 is 24.0 Å². The van der Waals surface area contributed by atoms with Crippen molar-refractivity contribution in [2.24, 2.45) is 16.8 Å². The molecule has 0 saturated carbocycles. The first-order valence-electron chi connectivity index (χ1n) is 7.57. The standard InChI is InChI=1S/C15H33N3O.HI/c1-7-19-14(13(4)5)9-11-18-15(16-6)17-10-8-12(2)3;/h12-14H,7-11H2,1-6H3,(H2,16,17,18);1H. The fourth-order valence-corrected chi connectivity index (χ4v) is 1.86. The number of guanidine groups is 1. The van der Waals surface area contributed by atoms with E-state index in [1.165, 1.54) is 0 Å². The number of aliphatic imine (C=N–C) groups is 1. The minimum atomic E-state index is 0. The van der Waals surface area contributed by atoms with E-state index in [1.807, 2.05) is 7.05 Å². The lowest BCUT2D eigenvalue weighted by atomic mass is 10.0. The SMILES string of the molecule is CCOC(CCNC(=NC)NCCC(C)C)C(C)C.I. The van der Waals surface area contributed by atoms with Gasteiger partial charge in [-0.15, -0.1) is 24.0 Å². The highest BCUT2D eigenvalue weighted by atomic mass is 127. The molecule has 0 saturated heterocycles. The number of hydrogen-bond acceptors (Lipinski definition) is 2. The highest BCUT2D eigenvalue weighted by Crippen LogP contribution is 2.09. The van der Waals surface area contributed by atoms with Crippen molar-refractivity contribution in [1.29, 1.82) is 0 Å². The van der Waals surface area contributed by atoms with Crippen LogP contribution in [-0.2, 0) is 4.74 Å². The van der Waals surface area contributed by atoms with Gasteiger partial charge in [0.15, 0.2) is 5.96 Å². The summed E-state index contributed by atoms with van der Waals surface area (Å²) in [6.45, 7) is 13.6. The fraction of sp³-hybridized carbons (Fsp3) is 0.933. The Morgan fingerprint density at radius 2 is 1.60 bits per heavy atom. The van der Waals surface area contributed by atoms with Crippen molar-refractivity contribution in [3.8, 4) is 0 Å². The van der Waals surface area contributed by atoms with E-state index >= 15 is 0 Å². The van der Waals surface area contributed by atoms with Gasteiger partial charge in [-0.3, -0.25) is 4.99 Å². The maximum Gasteiger partial charge on any atom is 0.190 e. The number of nitrogens with zero attached hydrogens (tertiary/aromatic N) is 1. The van der Waals surface area contributed by atoms with Gasteiger partial charge in [0.05, 0.1) is 6.10 Å². The van der Waals surface area contributed by atoms with Crippen LogP contribution < -0.4 is 10.6 Å². The quantitative estimate of drug-likeness (QED) is 0.355. The molecular weight excluding hydrogens is 365 g/mol. The Hall–Kier alpha value is -0.0400. The number of halogens is 1. The number of hydrogen-bond donors (Lipinski definition) is 2. The molecule has 0 aliphatic heterocycles. The lowest BCUT2D eigenvalue weighted by Gasteiger charge is -2.21. The Morgan fingerprint density at radius 3 is 2.00 bits per heavy atom. The molecule has 0 amide bonds. The van der Waals surface area contributed by atoms with Crippen molar-refractivity contribution in [2.75, 3.05) is 26.7 Å². The van der Waals surface area contributed by atoms with E-state index in [0.29, 0.717) is 17.9 Å². The van der Waals surface area contributed by atoms with Crippen LogP contribution in [0.15, 0.2) is 4.99 Å². The van der Waals surface area contributed by atoms with Crippen LogP contribution in [0.2, 0.25) is 0 Å². The molecule has 122 valence electrons. The average Bonchev–Trinajstić information content (AvgIpc) is 2.35. The summed E-state index contributed by atoms with van der Waals surface area (Å²) in [5, 5.41) is 6.68. The molecule has 0 fully saturated rings. The van der Waals surface area contributed by atoms with E-state index in [0.717, 1.165) is 38.5 Å². The van der Waals surface area contributed by atoms with E-state index in [-0.39, 0.29) is 24.0 Å². The molecule has 1 atom stereocenters. The number of rotatable bonds is 9. The van der Waals surface area contributed by atoms with E-state index < -0.39 is 0 Å². The monoisotopic (exact) mass is 399 g/mol. The van der Waals surface area contributed by atoms with Gasteiger partial charge in [-0.1, -0.05) is 27.7 Å². The van der Waals surface area contributed by atoms with Crippen LogP contribution in [0.4, 0.5) is 0 Å². The minimum Gasteiger partial charge on any atom is -0.378 e. The zero-order valence-corrected chi connectivity index (χ0v) is 16.4. The van der Waals surface area contributed by atoms with Crippen LogP contribution in [0.1, 0.15) is 47.5 Å². The molecule has 5 heteroatoms. The second kappa shape index (κ2) is 13.9. The van der Waals surface area contributed by atoms with Gasteiger partial charge in [0, 0.05) is 26.7 Å². The van der Waals surface area contributed by atoms with Crippen molar-refractivity contribution >= 4 is 29.9 Å². The smallest absolute Gasteiger partial charge is 0.190 e. The van der Waals surface area contributed by atoms with E-state index in [4.69, 9.17) is 4.74 Å². The van der Waals surface area contributed by atoms with Crippen LogP contribution in [0.5, 0.6) is 0 Å². The average molecular weight is 399 g/mol. The predicted octanol–water partition coefficient (Wildman–Crippen LogP) is 3.27. The van der Waals surface area contributed by atoms with Gasteiger partial charge in [0.25, 0.3) is 0 Å². The summed E-state index contributed by atoms with van der Waals surface area (Å²) in [5.74, 6) is 2.16. The maximum absolute atomic E-state index is 5.73. The van der Waals surface area contributed by atoms with Crippen molar-refractivity contribution in [3.05, 3.63) is 0 Å². The van der Waals surface area contributed by atoms with Crippen LogP contribution in [0.3, 0.4) is 0 Å². The molecular formula is C15H34IN3O. The molecule has 0 heterocycles. The summed E-state index contributed by atoms with van der Waals surface area (Å²) < 4.78 is 5.73. The molecule has 0 aliphatic carbocycles. The fourth-order valence-electron chi connectivity index (χ4n) is 1.86. The lowest BCUT2D eigenvalue weighted by molar-refractivity contribution is 0.0258. The molecule has 20 heavy (non-hydrogen) atoms. The Bertz CT molecular complexity index is 245. The van der Waals surface area contributed by atoms with Crippen molar-refractivity contribution < 1.29 is 4.74 Å². The molecule has 0 bridgehead atoms. The molecule has 0 aliphatic rings. The second-order valence-electron chi connectivity index (χ2n) is 5.63. The van der Waals surface area contributed by atoms with Crippen LogP contribution in [-0.4, -0.2) is 38.8 Å². The van der Waals surface area contributed by atoms with Crippen LogP contribution in [0.25, 0.3) is 0 Å². The number of nitrogens with one attached hydrogen (secondary N) is 2. The zero-order valence-electron chi connectivity index (χ0n) is 14.0. The first-order chi connectivity index (χ1) is 9.01. The first-order valence-corrected chi connectivity index (χ1v) is 7.57. The molecule has 0 aromatic rings. The van der Waals surface area contributed by atoms with Gasteiger partial charge in [0.2, 0.25) is 0 Å². The molecule has 0 spiro atoms. The summed E-state index contributed by atoms with van der Waals surface area (Å²) >= 11 is 0. The van der Waals surface area contributed by atoms with E-state index in [1.54, 1.807) is 0 Å². The largest absolute Gasteiger partial charge is 0.378 e. The first kappa shape index (κ1) is 22.2. The molecule has 4 nitrogen and oxygen atoms in total. The molecule has 0 radical (unpaired) electrons. The highest BCUT2D eigenvalue weighted by Gasteiger charge is 2.12. The Kier molecular flexibility index (Phi) is 15.5. The van der Waals surface area contributed by atoms with E-state index in [2.05, 4.69) is 50.2 Å². The van der Waals surface area contributed by atoms with Gasteiger partial charge in [0.1, 0.15) is 0 Å². The summed E-state index contributed by atoms with van der Waals surface area (Å²) in [6.07, 6.45) is 2.50. The molecule has 0 rings (SSSR count). The minimum absolute atomic E-state index is 0. The van der Waals surface area contributed by atoms with E-state index in [9.17, 15) is 0 Å². The molecule has 2 N–H and O–H groups in total. The lowest BCUT2D eigenvalue weighted by Crippen LogP contribution is -2.39.